The molecule has 2 heterocycles. The van der Waals surface area contributed by atoms with E-state index in [-0.39, 0.29) is 5.56 Å². The van der Waals surface area contributed by atoms with E-state index in [1.165, 1.54) is 16.8 Å². The quantitative estimate of drug-likeness (QED) is 0.749. The summed E-state index contributed by atoms with van der Waals surface area (Å²) in [6.07, 6.45) is 1.37. The summed E-state index contributed by atoms with van der Waals surface area (Å²) >= 11 is 3.39. The zero-order valence-corrected chi connectivity index (χ0v) is 11.2. The first-order valence-corrected chi connectivity index (χ1v) is 6.25. The van der Waals surface area contributed by atoms with E-state index < -0.39 is 0 Å². The molecule has 0 saturated carbocycles. The maximum absolute atomic E-state index is 11.9. The average molecular weight is 315 g/mol. The lowest BCUT2D eigenvalue weighted by atomic mass is 10.1. The van der Waals surface area contributed by atoms with Gasteiger partial charge in [0.25, 0.3) is 5.56 Å². The van der Waals surface area contributed by atoms with E-state index in [0.29, 0.717) is 16.9 Å². The molecule has 19 heavy (non-hydrogen) atoms. The van der Waals surface area contributed by atoms with Crippen LogP contribution in [0.2, 0.25) is 0 Å². The molecule has 0 aliphatic heterocycles. The number of nitriles is 1. The number of halogens is 1. The van der Waals surface area contributed by atoms with Gasteiger partial charge in [0.1, 0.15) is 11.6 Å². The van der Waals surface area contributed by atoms with Crippen molar-refractivity contribution >= 4 is 21.6 Å². The highest BCUT2D eigenvalue weighted by Crippen LogP contribution is 2.21. The smallest absolute Gasteiger partial charge is 0.274 e. The number of rotatable bonds is 1. The van der Waals surface area contributed by atoms with E-state index in [9.17, 15) is 4.79 Å². The van der Waals surface area contributed by atoms with E-state index in [4.69, 9.17) is 5.26 Å². The van der Waals surface area contributed by atoms with Crippen LogP contribution < -0.4 is 5.56 Å². The van der Waals surface area contributed by atoms with E-state index in [1.54, 1.807) is 0 Å². The van der Waals surface area contributed by atoms with Gasteiger partial charge in [-0.15, -0.1) is 0 Å². The van der Waals surface area contributed by atoms with Crippen LogP contribution in [0.15, 0.2) is 45.8 Å². The summed E-state index contributed by atoms with van der Waals surface area (Å²) in [4.78, 5) is 15.0. The van der Waals surface area contributed by atoms with Crippen LogP contribution >= 0.6 is 15.9 Å². The minimum atomic E-state index is -0.273. The number of hydrogen-bond donors (Lipinski definition) is 1. The molecule has 5 nitrogen and oxygen atoms in total. The van der Waals surface area contributed by atoms with Crippen molar-refractivity contribution in [1.82, 2.24) is 14.6 Å². The van der Waals surface area contributed by atoms with Crippen molar-refractivity contribution < 1.29 is 0 Å². The molecule has 6 heteroatoms. The molecule has 1 aromatic carbocycles. The Morgan fingerprint density at radius 2 is 2.21 bits per heavy atom. The van der Waals surface area contributed by atoms with Gasteiger partial charge < -0.3 is 4.98 Å². The second kappa shape index (κ2) is 4.37. The Kier molecular flexibility index (Phi) is 2.69. The van der Waals surface area contributed by atoms with Gasteiger partial charge in [-0.25, -0.2) is 0 Å². The third kappa shape index (κ3) is 1.94. The second-order valence-electron chi connectivity index (χ2n) is 3.96. The first-order chi connectivity index (χ1) is 9.19. The molecule has 3 rings (SSSR count). The van der Waals surface area contributed by atoms with E-state index in [2.05, 4.69) is 26.0 Å². The first-order valence-electron chi connectivity index (χ1n) is 5.46. The van der Waals surface area contributed by atoms with E-state index in [0.717, 1.165) is 10.0 Å². The third-order valence-electron chi connectivity index (χ3n) is 2.75. The Morgan fingerprint density at radius 1 is 1.37 bits per heavy atom. The molecule has 0 saturated heterocycles. The van der Waals surface area contributed by atoms with Crippen molar-refractivity contribution in [3.8, 4) is 17.3 Å². The number of aromatic amines is 1. The maximum atomic E-state index is 11.9. The highest BCUT2D eigenvalue weighted by molar-refractivity contribution is 9.10. The van der Waals surface area contributed by atoms with Crippen LogP contribution in [-0.2, 0) is 0 Å². The fourth-order valence-electron chi connectivity index (χ4n) is 1.88. The maximum Gasteiger partial charge on any atom is 0.274 e. The number of aromatic nitrogens is 3. The molecule has 0 aliphatic carbocycles. The van der Waals surface area contributed by atoms with Crippen LogP contribution in [0.25, 0.3) is 16.9 Å². The summed E-state index contributed by atoms with van der Waals surface area (Å²) in [6, 6.07) is 11.0. The molecular formula is C13H7BrN4O. The number of benzene rings is 1. The van der Waals surface area contributed by atoms with Crippen LogP contribution in [0.4, 0.5) is 0 Å². The molecule has 92 valence electrons. The van der Waals surface area contributed by atoms with Crippen LogP contribution in [0.3, 0.4) is 0 Å². The van der Waals surface area contributed by atoms with Crippen LogP contribution in [0.1, 0.15) is 5.56 Å². The van der Waals surface area contributed by atoms with Gasteiger partial charge in [0.05, 0.1) is 11.9 Å². The van der Waals surface area contributed by atoms with Crippen molar-refractivity contribution in [3.05, 3.63) is 56.9 Å². The number of fused-ring (bicyclic) bond motifs is 1. The van der Waals surface area contributed by atoms with E-state index in [1.807, 2.05) is 30.3 Å². The fraction of sp³-hybridized carbons (Fsp3) is 0. The monoisotopic (exact) mass is 314 g/mol. The molecular weight excluding hydrogens is 308 g/mol. The number of hydrogen-bond acceptors (Lipinski definition) is 3. The topological polar surface area (TPSA) is 74.0 Å². The molecule has 2 aromatic heterocycles. The van der Waals surface area contributed by atoms with Gasteiger partial charge in [-0.2, -0.15) is 14.9 Å². The van der Waals surface area contributed by atoms with Crippen molar-refractivity contribution in [1.29, 1.82) is 5.26 Å². The predicted octanol–water partition coefficient (Wildman–Crippen LogP) is 2.32. The zero-order chi connectivity index (χ0) is 13.4. The lowest BCUT2D eigenvalue weighted by Gasteiger charge is -2.03. The van der Waals surface area contributed by atoms with Gasteiger partial charge in [-0.1, -0.05) is 28.1 Å². The van der Waals surface area contributed by atoms with Gasteiger partial charge in [0, 0.05) is 10.5 Å². The summed E-state index contributed by atoms with van der Waals surface area (Å²) in [7, 11) is 0. The summed E-state index contributed by atoms with van der Waals surface area (Å²) in [6.45, 7) is 0. The minimum Gasteiger partial charge on any atom is -0.338 e. The summed E-state index contributed by atoms with van der Waals surface area (Å²) < 4.78 is 2.10. The normalized spacial score (nSPS) is 10.5. The van der Waals surface area contributed by atoms with Crippen LogP contribution in [-0.4, -0.2) is 14.6 Å². The van der Waals surface area contributed by atoms with Crippen LogP contribution in [0, 0.1) is 11.3 Å². The number of nitrogens with one attached hydrogen (secondary N) is 1. The van der Waals surface area contributed by atoms with Gasteiger partial charge >= 0.3 is 0 Å². The lowest BCUT2D eigenvalue weighted by molar-refractivity contribution is 0.901. The Morgan fingerprint density at radius 3 is 2.95 bits per heavy atom. The summed E-state index contributed by atoms with van der Waals surface area (Å²) in [5.74, 6) is 0. The van der Waals surface area contributed by atoms with Gasteiger partial charge in [0.2, 0.25) is 0 Å². The molecule has 0 fully saturated rings. The Hall–Kier alpha value is -2.39. The summed E-state index contributed by atoms with van der Waals surface area (Å²) in [5.41, 5.74) is 1.99. The molecule has 0 spiro atoms. The largest absolute Gasteiger partial charge is 0.338 e. The van der Waals surface area contributed by atoms with Crippen molar-refractivity contribution in [2.75, 3.05) is 0 Å². The fourth-order valence-corrected chi connectivity index (χ4v) is 2.28. The summed E-state index contributed by atoms with van der Waals surface area (Å²) in [5, 5.41) is 12.9. The van der Waals surface area contributed by atoms with Crippen molar-refractivity contribution in [2.24, 2.45) is 0 Å². The molecule has 0 amide bonds. The SMILES string of the molecule is N#Cc1cnn2c(=O)cc(-c3cccc(Br)c3)[nH]c12. The highest BCUT2D eigenvalue weighted by Gasteiger charge is 2.09. The minimum absolute atomic E-state index is 0.273. The first kappa shape index (κ1) is 11.7. The van der Waals surface area contributed by atoms with E-state index >= 15 is 0 Å². The molecule has 1 N–H and O–H groups in total. The van der Waals surface area contributed by atoms with Crippen molar-refractivity contribution in [2.45, 2.75) is 0 Å². The Labute approximate surface area is 116 Å². The molecule has 0 radical (unpaired) electrons. The van der Waals surface area contributed by atoms with Gasteiger partial charge in [0.15, 0.2) is 5.65 Å². The Balaban J connectivity index is 2.32. The zero-order valence-electron chi connectivity index (χ0n) is 9.59. The molecule has 0 atom stereocenters. The standard InChI is InChI=1S/C13H7BrN4O/c14-10-3-1-2-8(4-10)11-5-12(19)18-13(17-11)9(6-15)7-16-18/h1-5,7,17H. The second-order valence-corrected chi connectivity index (χ2v) is 4.88. The van der Waals surface area contributed by atoms with Crippen molar-refractivity contribution in [3.63, 3.8) is 0 Å². The molecule has 0 aliphatic rings. The number of H-pyrrole nitrogens is 1. The average Bonchev–Trinajstić information content (AvgIpc) is 2.82. The third-order valence-corrected chi connectivity index (χ3v) is 3.25. The molecule has 0 bridgehead atoms. The lowest BCUT2D eigenvalue weighted by Crippen LogP contribution is -2.14. The molecule has 0 unspecified atom stereocenters. The predicted molar refractivity (Wildman–Crippen MR) is 73.7 cm³/mol. The van der Waals surface area contributed by atoms with Crippen LogP contribution in [0.5, 0.6) is 0 Å². The highest BCUT2D eigenvalue weighted by atomic mass is 79.9. The van der Waals surface area contributed by atoms with Gasteiger partial charge in [-0.05, 0) is 17.7 Å². The number of nitrogens with zero attached hydrogens (tertiary/aromatic N) is 3. The Bertz CT molecular complexity index is 872. The van der Waals surface area contributed by atoms with Gasteiger partial charge in [-0.3, -0.25) is 4.79 Å². The molecule has 3 aromatic rings.